The molecule has 9 heteroatoms. The maximum atomic E-state index is 12.1. The van der Waals surface area contributed by atoms with Crippen molar-refractivity contribution in [3.8, 4) is 0 Å². The molecule has 0 saturated carbocycles. The van der Waals surface area contributed by atoms with Crippen molar-refractivity contribution in [1.29, 1.82) is 0 Å². The molecule has 1 N–H and O–H groups in total. The second-order valence-electron chi connectivity index (χ2n) is 7.06. The second-order valence-corrected chi connectivity index (χ2v) is 8.71. The van der Waals surface area contributed by atoms with Gasteiger partial charge in [0.15, 0.2) is 0 Å². The van der Waals surface area contributed by atoms with Crippen molar-refractivity contribution in [2.75, 3.05) is 30.9 Å². The van der Waals surface area contributed by atoms with E-state index in [9.17, 15) is 18.0 Å². The molecular formula is C17H23N3O5S. The quantitative estimate of drug-likeness (QED) is 0.589. The van der Waals surface area contributed by atoms with Crippen molar-refractivity contribution < 1.29 is 22.2 Å². The van der Waals surface area contributed by atoms with E-state index in [0.717, 1.165) is 23.2 Å². The number of carbonyl (C=O) groups excluding carboxylic acids is 2. The maximum Gasteiger partial charge on any atom is 0.264 e. The molecule has 26 heavy (non-hydrogen) atoms. The third-order valence-electron chi connectivity index (χ3n) is 4.76. The average Bonchev–Trinajstić information content (AvgIpc) is 2.46. The van der Waals surface area contributed by atoms with Crippen LogP contribution in [0, 0.1) is 19.8 Å². The van der Waals surface area contributed by atoms with Crippen molar-refractivity contribution in [3.05, 3.63) is 23.0 Å². The summed E-state index contributed by atoms with van der Waals surface area (Å²) < 4.78 is 27.0. The third kappa shape index (κ3) is 4.04. The molecule has 2 amide bonds. The zero-order valence-corrected chi connectivity index (χ0v) is 15.9. The molecule has 2 fully saturated rings. The van der Waals surface area contributed by atoms with Gasteiger partial charge in [-0.05, 0) is 31.9 Å². The average molecular weight is 381 g/mol. The summed E-state index contributed by atoms with van der Waals surface area (Å²) in [6.45, 7) is 5.47. The van der Waals surface area contributed by atoms with Gasteiger partial charge in [-0.2, -0.15) is 8.42 Å². The SMILES string of the molecule is Cc1cc(C2CCC(=O)NC2=O)nc(C)c1N1CC(COS(C)(=O)=O)C1. The Bertz CT molecular complexity index is 823. The number of aromatic nitrogens is 1. The molecule has 2 saturated heterocycles. The number of pyridine rings is 1. The minimum Gasteiger partial charge on any atom is -0.369 e. The number of nitrogens with zero attached hydrogens (tertiary/aromatic N) is 2. The fourth-order valence-corrected chi connectivity index (χ4v) is 4.00. The topological polar surface area (TPSA) is 106 Å². The van der Waals surface area contributed by atoms with E-state index < -0.39 is 16.0 Å². The van der Waals surface area contributed by atoms with Gasteiger partial charge in [0.2, 0.25) is 11.8 Å². The van der Waals surface area contributed by atoms with Gasteiger partial charge in [0.25, 0.3) is 10.1 Å². The summed E-state index contributed by atoms with van der Waals surface area (Å²) in [4.78, 5) is 30.1. The summed E-state index contributed by atoms with van der Waals surface area (Å²) in [6, 6.07) is 1.91. The summed E-state index contributed by atoms with van der Waals surface area (Å²) in [6.07, 6.45) is 1.85. The number of nitrogens with one attached hydrogen (secondary N) is 1. The highest BCUT2D eigenvalue weighted by Gasteiger charge is 2.33. The van der Waals surface area contributed by atoms with E-state index >= 15 is 0 Å². The van der Waals surface area contributed by atoms with Gasteiger partial charge in [-0.15, -0.1) is 0 Å². The number of piperidine rings is 1. The van der Waals surface area contributed by atoms with Gasteiger partial charge in [0.05, 0.1) is 35.9 Å². The molecule has 0 aromatic carbocycles. The lowest BCUT2D eigenvalue weighted by Gasteiger charge is -2.42. The molecule has 2 aliphatic rings. The van der Waals surface area contributed by atoms with Crippen LogP contribution in [0.25, 0.3) is 0 Å². The minimum absolute atomic E-state index is 0.165. The number of amides is 2. The van der Waals surface area contributed by atoms with E-state index in [2.05, 4.69) is 15.2 Å². The second kappa shape index (κ2) is 6.96. The molecule has 3 rings (SSSR count). The minimum atomic E-state index is -3.41. The van der Waals surface area contributed by atoms with Crippen LogP contribution in [0.4, 0.5) is 5.69 Å². The Balaban J connectivity index is 1.69. The van der Waals surface area contributed by atoms with Crippen LogP contribution < -0.4 is 10.2 Å². The van der Waals surface area contributed by atoms with Crippen LogP contribution in [0.3, 0.4) is 0 Å². The molecule has 3 heterocycles. The number of anilines is 1. The predicted octanol–water partition coefficient (Wildman–Crippen LogP) is 0.631. The molecule has 142 valence electrons. The van der Waals surface area contributed by atoms with E-state index in [1.807, 2.05) is 19.9 Å². The first-order valence-corrected chi connectivity index (χ1v) is 10.4. The van der Waals surface area contributed by atoms with E-state index in [-0.39, 0.29) is 24.3 Å². The smallest absolute Gasteiger partial charge is 0.264 e. The molecule has 2 aliphatic heterocycles. The fraction of sp³-hybridized carbons (Fsp3) is 0.588. The molecule has 0 bridgehead atoms. The van der Waals surface area contributed by atoms with Crippen LogP contribution in [0.15, 0.2) is 6.07 Å². The van der Waals surface area contributed by atoms with Crippen LogP contribution >= 0.6 is 0 Å². The zero-order chi connectivity index (χ0) is 19.1. The van der Waals surface area contributed by atoms with Crippen molar-refractivity contribution in [3.63, 3.8) is 0 Å². The van der Waals surface area contributed by atoms with Gasteiger partial charge < -0.3 is 4.90 Å². The third-order valence-corrected chi connectivity index (χ3v) is 5.33. The zero-order valence-electron chi connectivity index (χ0n) is 15.1. The molecule has 8 nitrogen and oxygen atoms in total. The lowest BCUT2D eigenvalue weighted by molar-refractivity contribution is -0.134. The van der Waals surface area contributed by atoms with Gasteiger partial charge in [-0.25, -0.2) is 0 Å². The van der Waals surface area contributed by atoms with E-state index in [4.69, 9.17) is 4.18 Å². The van der Waals surface area contributed by atoms with E-state index in [0.29, 0.717) is 31.6 Å². The molecule has 1 aromatic heterocycles. The molecule has 1 aromatic rings. The molecule has 1 atom stereocenters. The van der Waals surface area contributed by atoms with Crippen LogP contribution in [0.1, 0.15) is 35.7 Å². The Labute approximate surface area is 153 Å². The van der Waals surface area contributed by atoms with Crippen LogP contribution in [-0.4, -0.2) is 51.2 Å². The molecular weight excluding hydrogens is 358 g/mol. The highest BCUT2D eigenvalue weighted by Crippen LogP contribution is 2.33. The number of imide groups is 1. The Kier molecular flexibility index (Phi) is 5.03. The lowest BCUT2D eigenvalue weighted by atomic mass is 9.92. The number of hydrogen-bond donors (Lipinski definition) is 1. The molecule has 0 spiro atoms. The maximum absolute atomic E-state index is 12.1. The first-order chi connectivity index (χ1) is 12.1. The summed E-state index contributed by atoms with van der Waals surface area (Å²) in [7, 11) is -3.41. The number of carbonyl (C=O) groups is 2. The highest BCUT2D eigenvalue weighted by molar-refractivity contribution is 7.85. The van der Waals surface area contributed by atoms with Gasteiger partial charge >= 0.3 is 0 Å². The summed E-state index contributed by atoms with van der Waals surface area (Å²) in [5.41, 5.74) is 3.54. The Hall–Kier alpha value is -2.00. The lowest BCUT2D eigenvalue weighted by Crippen LogP contribution is -2.49. The largest absolute Gasteiger partial charge is 0.369 e. The van der Waals surface area contributed by atoms with E-state index in [1.165, 1.54) is 0 Å². The van der Waals surface area contributed by atoms with Gasteiger partial charge in [-0.1, -0.05) is 0 Å². The Morgan fingerprint density at radius 2 is 2.00 bits per heavy atom. The molecule has 1 unspecified atom stereocenters. The number of hydrogen-bond acceptors (Lipinski definition) is 7. The standard InChI is InChI=1S/C17H23N3O5S/c1-10-6-14(13-4-5-15(21)19-17(13)22)18-11(2)16(10)20-7-12(8-20)9-25-26(3,23)24/h6,12-13H,4-5,7-9H2,1-3H3,(H,19,21,22). The van der Waals surface area contributed by atoms with Gasteiger partial charge in [-0.3, -0.25) is 24.1 Å². The van der Waals surface area contributed by atoms with E-state index in [1.54, 1.807) is 0 Å². The first-order valence-electron chi connectivity index (χ1n) is 8.55. The summed E-state index contributed by atoms with van der Waals surface area (Å²) in [5.74, 6) is -0.758. The molecule has 0 radical (unpaired) electrons. The molecule has 0 aliphatic carbocycles. The van der Waals surface area contributed by atoms with Crippen molar-refractivity contribution in [2.45, 2.75) is 32.6 Å². The van der Waals surface area contributed by atoms with Crippen LogP contribution in [0.5, 0.6) is 0 Å². The summed E-state index contributed by atoms with van der Waals surface area (Å²) in [5, 5.41) is 2.37. The predicted molar refractivity (Wildman–Crippen MR) is 95.3 cm³/mol. The van der Waals surface area contributed by atoms with Crippen LogP contribution in [0.2, 0.25) is 0 Å². The summed E-state index contributed by atoms with van der Waals surface area (Å²) >= 11 is 0. The van der Waals surface area contributed by atoms with Crippen molar-refractivity contribution >= 4 is 27.6 Å². The first kappa shape index (κ1) is 18.8. The Morgan fingerprint density at radius 3 is 2.58 bits per heavy atom. The normalized spacial score (nSPS) is 21.5. The number of aryl methyl sites for hydroxylation is 2. The highest BCUT2D eigenvalue weighted by atomic mass is 32.2. The number of rotatable bonds is 5. The van der Waals surface area contributed by atoms with Crippen LogP contribution in [-0.2, 0) is 23.9 Å². The van der Waals surface area contributed by atoms with Crippen molar-refractivity contribution in [1.82, 2.24) is 10.3 Å². The monoisotopic (exact) mass is 381 g/mol. The fourth-order valence-electron chi connectivity index (χ4n) is 3.56. The van der Waals surface area contributed by atoms with Gasteiger partial charge in [0, 0.05) is 25.4 Å². The van der Waals surface area contributed by atoms with Crippen molar-refractivity contribution in [2.24, 2.45) is 5.92 Å². The Morgan fingerprint density at radius 1 is 1.31 bits per heavy atom. The van der Waals surface area contributed by atoms with Gasteiger partial charge in [0.1, 0.15) is 0 Å².